The van der Waals surface area contributed by atoms with Crippen LogP contribution < -0.4 is 10.1 Å². The largest absolute Gasteiger partial charge is 0.492 e. The SMILES string of the molecule is Cc1cc(C)n(CCc2nnc(NC(=O)C3COc4ccccc4C3)s2)n1. The van der Waals surface area contributed by atoms with Crippen LogP contribution in [-0.4, -0.2) is 32.5 Å². The van der Waals surface area contributed by atoms with E-state index in [4.69, 9.17) is 4.74 Å². The average molecular weight is 383 g/mol. The first-order valence-corrected chi connectivity index (χ1v) is 9.75. The number of nitrogens with one attached hydrogen (secondary N) is 1. The number of carbonyl (C=O) groups is 1. The number of amides is 1. The molecule has 2 aromatic heterocycles. The molecule has 27 heavy (non-hydrogen) atoms. The Morgan fingerprint density at radius 2 is 2.19 bits per heavy atom. The van der Waals surface area contributed by atoms with Crippen molar-refractivity contribution >= 4 is 22.4 Å². The van der Waals surface area contributed by atoms with E-state index in [1.165, 1.54) is 11.3 Å². The quantitative estimate of drug-likeness (QED) is 0.733. The van der Waals surface area contributed by atoms with Gasteiger partial charge in [-0.1, -0.05) is 29.5 Å². The molecule has 0 saturated heterocycles. The molecule has 1 unspecified atom stereocenters. The predicted molar refractivity (Wildman–Crippen MR) is 103 cm³/mol. The smallest absolute Gasteiger partial charge is 0.233 e. The summed E-state index contributed by atoms with van der Waals surface area (Å²) in [5, 5.41) is 17.0. The summed E-state index contributed by atoms with van der Waals surface area (Å²) in [7, 11) is 0. The predicted octanol–water partition coefficient (Wildman–Crippen LogP) is 2.78. The number of carbonyl (C=O) groups excluding carboxylic acids is 1. The van der Waals surface area contributed by atoms with Crippen molar-refractivity contribution < 1.29 is 9.53 Å². The summed E-state index contributed by atoms with van der Waals surface area (Å²) in [6.45, 7) is 5.15. The van der Waals surface area contributed by atoms with Crippen LogP contribution in [0.25, 0.3) is 0 Å². The molecule has 7 nitrogen and oxygen atoms in total. The van der Waals surface area contributed by atoms with Crippen molar-refractivity contribution in [2.75, 3.05) is 11.9 Å². The first-order valence-electron chi connectivity index (χ1n) is 8.93. The molecule has 8 heteroatoms. The Hall–Kier alpha value is -2.74. The van der Waals surface area contributed by atoms with E-state index in [1.54, 1.807) is 0 Å². The van der Waals surface area contributed by atoms with E-state index in [-0.39, 0.29) is 11.8 Å². The van der Waals surface area contributed by atoms with Gasteiger partial charge >= 0.3 is 0 Å². The minimum Gasteiger partial charge on any atom is -0.492 e. The van der Waals surface area contributed by atoms with Crippen molar-refractivity contribution in [1.82, 2.24) is 20.0 Å². The standard InChI is InChI=1S/C19H21N5O2S/c1-12-9-13(2)24(23-12)8-7-17-21-22-19(27-17)20-18(25)15-10-14-5-3-4-6-16(14)26-11-15/h3-6,9,15H,7-8,10-11H2,1-2H3,(H,20,22,25). The lowest BCUT2D eigenvalue weighted by atomic mass is 9.96. The second-order valence-electron chi connectivity index (χ2n) is 6.71. The summed E-state index contributed by atoms with van der Waals surface area (Å²) in [6, 6.07) is 9.88. The second kappa shape index (κ2) is 7.48. The molecule has 3 aromatic rings. The van der Waals surface area contributed by atoms with Gasteiger partial charge in [-0.15, -0.1) is 10.2 Å². The van der Waals surface area contributed by atoms with Crippen molar-refractivity contribution in [1.29, 1.82) is 0 Å². The highest BCUT2D eigenvalue weighted by atomic mass is 32.1. The highest BCUT2D eigenvalue weighted by Gasteiger charge is 2.26. The molecule has 1 aliphatic heterocycles. The molecule has 1 N–H and O–H groups in total. The lowest BCUT2D eigenvalue weighted by Crippen LogP contribution is -2.32. The van der Waals surface area contributed by atoms with Crippen LogP contribution in [0, 0.1) is 19.8 Å². The normalized spacial score (nSPS) is 15.9. The number of para-hydroxylation sites is 1. The summed E-state index contributed by atoms with van der Waals surface area (Å²) in [5.74, 6) is 0.566. The maximum atomic E-state index is 12.5. The molecule has 1 amide bonds. The van der Waals surface area contributed by atoms with E-state index >= 15 is 0 Å². The maximum absolute atomic E-state index is 12.5. The molecule has 0 aliphatic carbocycles. The molecule has 4 rings (SSSR count). The Bertz CT molecular complexity index is 965. The fourth-order valence-corrected chi connectivity index (χ4v) is 3.94. The summed E-state index contributed by atoms with van der Waals surface area (Å²) < 4.78 is 7.66. The Morgan fingerprint density at radius 3 is 3.00 bits per heavy atom. The van der Waals surface area contributed by atoms with Crippen LogP contribution in [0.4, 0.5) is 5.13 Å². The monoisotopic (exact) mass is 383 g/mol. The number of fused-ring (bicyclic) bond motifs is 1. The lowest BCUT2D eigenvalue weighted by Gasteiger charge is -2.23. The first kappa shape index (κ1) is 17.7. The second-order valence-corrected chi connectivity index (χ2v) is 7.77. The van der Waals surface area contributed by atoms with Crippen molar-refractivity contribution in [3.8, 4) is 5.75 Å². The number of benzene rings is 1. The van der Waals surface area contributed by atoms with E-state index in [9.17, 15) is 4.79 Å². The third kappa shape index (κ3) is 4.00. The van der Waals surface area contributed by atoms with Gasteiger partial charge in [0, 0.05) is 18.7 Å². The van der Waals surface area contributed by atoms with Crippen LogP contribution in [0.2, 0.25) is 0 Å². The molecule has 3 heterocycles. The van der Waals surface area contributed by atoms with Gasteiger partial charge in [-0.2, -0.15) is 5.10 Å². The summed E-state index contributed by atoms with van der Waals surface area (Å²) in [6.07, 6.45) is 1.40. The highest BCUT2D eigenvalue weighted by Crippen LogP contribution is 2.27. The number of anilines is 1. The fourth-order valence-electron chi connectivity index (χ4n) is 3.21. The van der Waals surface area contributed by atoms with Crippen molar-refractivity contribution in [2.45, 2.75) is 33.2 Å². The zero-order valence-electron chi connectivity index (χ0n) is 15.3. The molecular formula is C19H21N5O2S. The van der Waals surface area contributed by atoms with Gasteiger partial charge in [-0.05, 0) is 38.0 Å². The lowest BCUT2D eigenvalue weighted by molar-refractivity contribution is -0.121. The minimum absolute atomic E-state index is 0.0780. The zero-order valence-corrected chi connectivity index (χ0v) is 16.1. The van der Waals surface area contributed by atoms with Gasteiger partial charge in [0.25, 0.3) is 0 Å². The van der Waals surface area contributed by atoms with Gasteiger partial charge in [0.15, 0.2) is 0 Å². The number of aryl methyl sites for hydroxylation is 4. The van der Waals surface area contributed by atoms with Gasteiger partial charge in [-0.3, -0.25) is 9.48 Å². The van der Waals surface area contributed by atoms with Crippen molar-refractivity contribution in [2.24, 2.45) is 5.92 Å². The molecule has 1 aromatic carbocycles. The third-order valence-corrected chi connectivity index (χ3v) is 5.49. The van der Waals surface area contributed by atoms with E-state index in [2.05, 4.69) is 26.7 Å². The van der Waals surface area contributed by atoms with Gasteiger partial charge in [0.2, 0.25) is 11.0 Å². The molecular weight excluding hydrogens is 362 g/mol. The zero-order chi connectivity index (χ0) is 18.8. The highest BCUT2D eigenvalue weighted by molar-refractivity contribution is 7.15. The first-order chi connectivity index (χ1) is 13.1. The minimum atomic E-state index is -0.220. The summed E-state index contributed by atoms with van der Waals surface area (Å²) in [5.41, 5.74) is 3.20. The van der Waals surface area contributed by atoms with Crippen LogP contribution in [0.5, 0.6) is 5.75 Å². The molecule has 0 saturated carbocycles. The number of hydrogen-bond donors (Lipinski definition) is 1. The number of hydrogen-bond acceptors (Lipinski definition) is 6. The summed E-state index contributed by atoms with van der Waals surface area (Å²) in [4.78, 5) is 12.5. The van der Waals surface area contributed by atoms with E-state index in [0.29, 0.717) is 18.2 Å². The molecule has 0 spiro atoms. The molecule has 1 atom stereocenters. The Balaban J connectivity index is 1.34. The van der Waals surface area contributed by atoms with Crippen LogP contribution in [0.15, 0.2) is 30.3 Å². The average Bonchev–Trinajstić information content (AvgIpc) is 3.24. The molecule has 1 aliphatic rings. The number of aromatic nitrogens is 4. The third-order valence-electron chi connectivity index (χ3n) is 4.59. The van der Waals surface area contributed by atoms with Crippen molar-refractivity contribution in [3.63, 3.8) is 0 Å². The van der Waals surface area contributed by atoms with Crippen LogP contribution in [0.3, 0.4) is 0 Å². The Labute approximate surface area is 161 Å². The van der Waals surface area contributed by atoms with E-state index < -0.39 is 0 Å². The molecule has 0 radical (unpaired) electrons. The topological polar surface area (TPSA) is 81.9 Å². The molecule has 0 fully saturated rings. The van der Waals surface area contributed by atoms with Gasteiger partial charge < -0.3 is 10.1 Å². The Morgan fingerprint density at radius 1 is 1.33 bits per heavy atom. The van der Waals surface area contributed by atoms with Crippen LogP contribution in [-0.2, 0) is 24.2 Å². The molecule has 0 bridgehead atoms. The number of rotatable bonds is 5. The van der Waals surface area contributed by atoms with Crippen molar-refractivity contribution in [3.05, 3.63) is 52.3 Å². The Kier molecular flexibility index (Phi) is 4.89. The molecule has 140 valence electrons. The summed E-state index contributed by atoms with van der Waals surface area (Å²) >= 11 is 1.41. The van der Waals surface area contributed by atoms with Gasteiger partial charge in [0.1, 0.15) is 17.4 Å². The number of ether oxygens (including phenoxy) is 1. The van der Waals surface area contributed by atoms with Gasteiger partial charge in [0.05, 0.1) is 11.6 Å². The van der Waals surface area contributed by atoms with Crippen LogP contribution in [0.1, 0.15) is 22.0 Å². The number of nitrogens with zero attached hydrogens (tertiary/aromatic N) is 4. The van der Waals surface area contributed by atoms with Crippen LogP contribution >= 0.6 is 11.3 Å². The fraction of sp³-hybridized carbons (Fsp3) is 0.368. The van der Waals surface area contributed by atoms with E-state index in [1.807, 2.05) is 42.8 Å². The van der Waals surface area contributed by atoms with Gasteiger partial charge in [-0.25, -0.2) is 0 Å². The maximum Gasteiger partial charge on any atom is 0.233 e. The van der Waals surface area contributed by atoms with E-state index in [0.717, 1.165) is 40.7 Å².